The maximum absolute atomic E-state index is 13.3. The van der Waals surface area contributed by atoms with Gasteiger partial charge in [-0.3, -0.25) is 4.79 Å². The van der Waals surface area contributed by atoms with Gasteiger partial charge in [0.2, 0.25) is 15.9 Å². The van der Waals surface area contributed by atoms with Crippen molar-refractivity contribution in [3.63, 3.8) is 0 Å². The largest absolute Gasteiger partial charge is 0.354 e. The molecule has 1 aromatic rings. The Bertz CT molecular complexity index is 926. The maximum atomic E-state index is 13.3. The van der Waals surface area contributed by atoms with E-state index in [1.165, 1.54) is 19.3 Å². The number of nitrogens with zero attached hydrogens (tertiary/aromatic N) is 1. The number of sulfonamides is 1. The second-order valence-electron chi connectivity index (χ2n) is 10.2. The van der Waals surface area contributed by atoms with Crippen LogP contribution in [-0.2, 0) is 14.8 Å². The molecule has 7 heteroatoms. The highest BCUT2D eigenvalue weighted by atomic mass is 35.5. The zero-order valence-electron chi connectivity index (χ0n) is 17.6. The first-order valence-electron chi connectivity index (χ1n) is 11.3. The number of benzene rings is 1. The van der Waals surface area contributed by atoms with Gasteiger partial charge in [0.25, 0.3) is 0 Å². The quantitative estimate of drug-likeness (QED) is 0.733. The Hall–Kier alpha value is -1.11. The van der Waals surface area contributed by atoms with Crippen LogP contribution in [0.3, 0.4) is 0 Å². The lowest BCUT2D eigenvalue weighted by atomic mass is 9.49. The fourth-order valence-electron chi connectivity index (χ4n) is 7.11. The SMILES string of the molecule is Cc1c(Cl)cccc1S(=O)(=O)N1CCCC1CNC(=O)C12CC3CC(CC(C3)C1)C2. The lowest BCUT2D eigenvalue weighted by molar-refractivity contribution is -0.146. The number of halogens is 1. The minimum absolute atomic E-state index is 0.171. The molecule has 164 valence electrons. The number of carbonyl (C=O) groups excluding carboxylic acids is 1. The Kier molecular flexibility index (Phi) is 5.19. The minimum atomic E-state index is -3.64. The van der Waals surface area contributed by atoms with Crippen molar-refractivity contribution in [2.24, 2.45) is 23.2 Å². The molecule has 4 bridgehead atoms. The molecule has 1 aromatic carbocycles. The van der Waals surface area contributed by atoms with Crippen molar-refractivity contribution in [3.05, 3.63) is 28.8 Å². The van der Waals surface area contributed by atoms with E-state index in [1.54, 1.807) is 29.4 Å². The van der Waals surface area contributed by atoms with Crippen molar-refractivity contribution in [2.75, 3.05) is 13.1 Å². The molecule has 30 heavy (non-hydrogen) atoms. The molecule has 1 saturated heterocycles. The first-order chi connectivity index (χ1) is 14.3. The van der Waals surface area contributed by atoms with Gasteiger partial charge in [0.1, 0.15) is 0 Å². The summed E-state index contributed by atoms with van der Waals surface area (Å²) in [7, 11) is -3.64. The predicted octanol–water partition coefficient (Wildman–Crippen LogP) is 4.13. The van der Waals surface area contributed by atoms with E-state index in [-0.39, 0.29) is 22.3 Å². The molecule has 0 spiro atoms. The maximum Gasteiger partial charge on any atom is 0.243 e. The summed E-state index contributed by atoms with van der Waals surface area (Å²) >= 11 is 6.18. The highest BCUT2D eigenvalue weighted by Crippen LogP contribution is 2.60. The number of amides is 1. The van der Waals surface area contributed by atoms with E-state index in [9.17, 15) is 13.2 Å². The van der Waals surface area contributed by atoms with Crippen LogP contribution in [0.25, 0.3) is 0 Å². The van der Waals surface area contributed by atoms with E-state index in [1.807, 2.05) is 0 Å². The van der Waals surface area contributed by atoms with Crippen LogP contribution in [0.1, 0.15) is 56.9 Å². The summed E-state index contributed by atoms with van der Waals surface area (Å²) < 4.78 is 28.3. The van der Waals surface area contributed by atoms with Gasteiger partial charge in [0, 0.05) is 29.6 Å². The van der Waals surface area contributed by atoms with Gasteiger partial charge in [0.05, 0.1) is 4.90 Å². The molecule has 0 radical (unpaired) electrons. The molecule has 5 aliphatic rings. The molecular formula is C23H31ClN2O3S. The second-order valence-corrected chi connectivity index (χ2v) is 12.4. The standard InChI is InChI=1S/C23H31ClN2O3S/c1-15-20(24)5-2-6-21(15)30(28,29)26-7-3-4-19(26)14-25-22(27)23-11-16-8-17(12-23)10-18(9-16)13-23/h2,5-6,16-19H,3-4,7-14H2,1H3,(H,25,27). The van der Waals surface area contributed by atoms with Crippen molar-refractivity contribution < 1.29 is 13.2 Å². The summed E-state index contributed by atoms with van der Waals surface area (Å²) in [5.74, 6) is 2.33. The minimum Gasteiger partial charge on any atom is -0.354 e. The van der Waals surface area contributed by atoms with Crippen LogP contribution >= 0.6 is 11.6 Å². The van der Waals surface area contributed by atoms with Crippen LogP contribution in [0.2, 0.25) is 5.02 Å². The molecule has 0 aromatic heterocycles. The average Bonchev–Trinajstić information content (AvgIpc) is 3.16. The van der Waals surface area contributed by atoms with Crippen molar-refractivity contribution in [3.8, 4) is 0 Å². The molecule has 5 fully saturated rings. The number of hydrogen-bond acceptors (Lipinski definition) is 3. The normalized spacial score (nSPS) is 35.7. The molecule has 5 nitrogen and oxygen atoms in total. The van der Waals surface area contributed by atoms with Crippen LogP contribution in [0.15, 0.2) is 23.1 Å². The molecule has 4 aliphatic carbocycles. The van der Waals surface area contributed by atoms with Gasteiger partial charge in [-0.25, -0.2) is 8.42 Å². The topological polar surface area (TPSA) is 66.5 Å². The molecule has 1 aliphatic heterocycles. The summed E-state index contributed by atoms with van der Waals surface area (Å²) in [5, 5.41) is 3.65. The fourth-order valence-corrected chi connectivity index (χ4v) is 9.28. The second kappa shape index (κ2) is 7.49. The fraction of sp³-hybridized carbons (Fsp3) is 0.696. The van der Waals surface area contributed by atoms with Gasteiger partial charge in [-0.15, -0.1) is 0 Å². The molecule has 1 unspecified atom stereocenters. The lowest BCUT2D eigenvalue weighted by Gasteiger charge is -2.55. The van der Waals surface area contributed by atoms with Gasteiger partial charge in [-0.2, -0.15) is 4.31 Å². The lowest BCUT2D eigenvalue weighted by Crippen LogP contribution is -2.55. The van der Waals surface area contributed by atoms with E-state index >= 15 is 0 Å². The Morgan fingerprint density at radius 2 is 1.80 bits per heavy atom. The highest BCUT2D eigenvalue weighted by Gasteiger charge is 2.54. The van der Waals surface area contributed by atoms with Crippen LogP contribution in [0, 0.1) is 30.1 Å². The summed E-state index contributed by atoms with van der Waals surface area (Å²) in [4.78, 5) is 13.6. The van der Waals surface area contributed by atoms with Crippen LogP contribution < -0.4 is 5.32 Å². The van der Waals surface area contributed by atoms with Gasteiger partial charge in [-0.1, -0.05) is 17.7 Å². The first kappa shape index (κ1) is 20.8. The predicted molar refractivity (Wildman–Crippen MR) is 117 cm³/mol. The van der Waals surface area contributed by atoms with E-state index in [4.69, 9.17) is 11.6 Å². The molecule has 1 N–H and O–H groups in total. The third-order valence-corrected chi connectivity index (χ3v) is 10.7. The zero-order valence-corrected chi connectivity index (χ0v) is 19.1. The third kappa shape index (κ3) is 3.39. The van der Waals surface area contributed by atoms with Crippen molar-refractivity contribution in [1.82, 2.24) is 9.62 Å². The molecule has 6 rings (SSSR count). The van der Waals surface area contributed by atoms with Crippen molar-refractivity contribution in [1.29, 1.82) is 0 Å². The van der Waals surface area contributed by atoms with Gasteiger partial charge < -0.3 is 5.32 Å². The molecule has 4 saturated carbocycles. The van der Waals surface area contributed by atoms with E-state index < -0.39 is 10.0 Å². The Morgan fingerprint density at radius 3 is 2.43 bits per heavy atom. The Morgan fingerprint density at radius 1 is 1.17 bits per heavy atom. The van der Waals surface area contributed by atoms with E-state index in [2.05, 4.69) is 5.32 Å². The van der Waals surface area contributed by atoms with Crippen molar-refractivity contribution >= 4 is 27.5 Å². The summed E-state index contributed by atoms with van der Waals surface area (Å²) in [5.41, 5.74) is 0.392. The zero-order chi connectivity index (χ0) is 21.1. The average molecular weight is 451 g/mol. The van der Waals surface area contributed by atoms with Gasteiger partial charge in [-0.05, 0) is 93.7 Å². The van der Waals surface area contributed by atoms with E-state index in [0.717, 1.165) is 49.9 Å². The van der Waals surface area contributed by atoms with Crippen LogP contribution in [-0.4, -0.2) is 37.8 Å². The molecule has 1 amide bonds. The number of carbonyl (C=O) groups is 1. The third-order valence-electron chi connectivity index (χ3n) is 8.15. The van der Waals surface area contributed by atoms with Crippen LogP contribution in [0.4, 0.5) is 0 Å². The van der Waals surface area contributed by atoms with E-state index in [0.29, 0.717) is 23.7 Å². The molecule has 1 atom stereocenters. The number of hydrogen-bond donors (Lipinski definition) is 1. The Balaban J connectivity index is 1.29. The highest BCUT2D eigenvalue weighted by molar-refractivity contribution is 7.89. The summed E-state index contributed by atoms with van der Waals surface area (Å²) in [6, 6.07) is 4.83. The number of rotatable bonds is 5. The van der Waals surface area contributed by atoms with Gasteiger partial charge >= 0.3 is 0 Å². The molecule has 1 heterocycles. The number of nitrogens with one attached hydrogen (secondary N) is 1. The Labute approximate surface area is 184 Å². The monoisotopic (exact) mass is 450 g/mol. The smallest absolute Gasteiger partial charge is 0.243 e. The van der Waals surface area contributed by atoms with Gasteiger partial charge in [0.15, 0.2) is 0 Å². The van der Waals surface area contributed by atoms with Crippen LogP contribution in [0.5, 0.6) is 0 Å². The first-order valence-corrected chi connectivity index (χ1v) is 13.2. The van der Waals surface area contributed by atoms with Crippen molar-refractivity contribution in [2.45, 2.75) is 69.2 Å². The molecular weight excluding hydrogens is 420 g/mol. The summed E-state index contributed by atoms with van der Waals surface area (Å²) in [6.07, 6.45) is 8.59. The summed E-state index contributed by atoms with van der Waals surface area (Å²) in [6.45, 7) is 2.64.